The third kappa shape index (κ3) is 2.40. The standard InChI is InChI=1S/C13H15Cl2N3O/c14-10-2-1-3-11(12(10)15)17-13(19)18-8-4-5-9(18)7-16-6-8/h1-3,8-9,16H,4-7H2,(H,17,19). The monoisotopic (exact) mass is 299 g/mol. The number of halogens is 2. The number of benzene rings is 1. The molecule has 2 unspecified atom stereocenters. The fraction of sp³-hybridized carbons (Fsp3) is 0.462. The Labute approximate surface area is 122 Å². The van der Waals surface area contributed by atoms with Crippen molar-refractivity contribution in [1.29, 1.82) is 0 Å². The van der Waals surface area contributed by atoms with Gasteiger partial charge in [-0.2, -0.15) is 0 Å². The van der Waals surface area contributed by atoms with Crippen molar-refractivity contribution in [2.75, 3.05) is 18.4 Å². The number of nitrogens with one attached hydrogen (secondary N) is 2. The van der Waals surface area contributed by atoms with Gasteiger partial charge in [0.25, 0.3) is 0 Å². The number of fused-ring (bicyclic) bond motifs is 2. The Bertz CT molecular complexity index is 493. The van der Waals surface area contributed by atoms with Crippen LogP contribution in [0.25, 0.3) is 0 Å². The summed E-state index contributed by atoms with van der Waals surface area (Å²) in [6.07, 6.45) is 2.13. The summed E-state index contributed by atoms with van der Waals surface area (Å²) in [5.41, 5.74) is 0.567. The predicted molar refractivity (Wildman–Crippen MR) is 77.0 cm³/mol. The van der Waals surface area contributed by atoms with Crippen molar-refractivity contribution in [3.8, 4) is 0 Å². The molecule has 102 valence electrons. The zero-order chi connectivity index (χ0) is 13.4. The SMILES string of the molecule is O=C(Nc1cccc(Cl)c1Cl)N1C2CCC1CNC2. The Morgan fingerprint density at radius 2 is 1.95 bits per heavy atom. The van der Waals surface area contributed by atoms with Crippen molar-refractivity contribution in [2.24, 2.45) is 0 Å². The van der Waals surface area contributed by atoms with Gasteiger partial charge < -0.3 is 15.5 Å². The summed E-state index contributed by atoms with van der Waals surface area (Å²) in [5.74, 6) is 0. The largest absolute Gasteiger partial charge is 0.322 e. The third-order valence-corrected chi connectivity index (χ3v) is 4.63. The van der Waals surface area contributed by atoms with Gasteiger partial charge in [-0.05, 0) is 25.0 Å². The number of amides is 2. The number of hydrogen-bond acceptors (Lipinski definition) is 2. The maximum absolute atomic E-state index is 12.4. The van der Waals surface area contributed by atoms with Gasteiger partial charge in [0.1, 0.15) is 0 Å². The van der Waals surface area contributed by atoms with Crippen LogP contribution in [0, 0.1) is 0 Å². The minimum atomic E-state index is -0.0850. The summed E-state index contributed by atoms with van der Waals surface area (Å²) < 4.78 is 0. The molecule has 0 spiro atoms. The van der Waals surface area contributed by atoms with E-state index in [9.17, 15) is 4.79 Å². The molecular weight excluding hydrogens is 285 g/mol. The zero-order valence-electron chi connectivity index (χ0n) is 10.3. The molecule has 2 saturated heterocycles. The fourth-order valence-corrected chi connectivity index (χ4v) is 3.24. The Hall–Kier alpha value is -0.970. The average Bonchev–Trinajstić information content (AvgIpc) is 2.65. The molecule has 6 heteroatoms. The van der Waals surface area contributed by atoms with Gasteiger partial charge in [-0.25, -0.2) is 4.79 Å². The number of carbonyl (C=O) groups excluding carboxylic acids is 1. The van der Waals surface area contributed by atoms with E-state index in [-0.39, 0.29) is 18.1 Å². The van der Waals surface area contributed by atoms with Gasteiger partial charge in [0.15, 0.2) is 0 Å². The molecule has 0 aromatic heterocycles. The summed E-state index contributed by atoms with van der Waals surface area (Å²) in [7, 11) is 0. The van der Waals surface area contributed by atoms with Crippen LogP contribution in [-0.2, 0) is 0 Å². The van der Waals surface area contributed by atoms with Crippen LogP contribution < -0.4 is 10.6 Å². The van der Waals surface area contributed by atoms with Crippen LogP contribution in [0.4, 0.5) is 10.5 Å². The molecule has 1 aromatic carbocycles. The Morgan fingerprint density at radius 1 is 1.26 bits per heavy atom. The van der Waals surface area contributed by atoms with Crippen molar-refractivity contribution in [1.82, 2.24) is 10.2 Å². The highest BCUT2D eigenvalue weighted by molar-refractivity contribution is 6.43. The highest BCUT2D eigenvalue weighted by Gasteiger charge is 2.39. The number of nitrogens with zero attached hydrogens (tertiary/aromatic N) is 1. The van der Waals surface area contributed by atoms with Gasteiger partial charge >= 0.3 is 6.03 Å². The van der Waals surface area contributed by atoms with Gasteiger partial charge in [-0.3, -0.25) is 0 Å². The van der Waals surface area contributed by atoms with Crippen molar-refractivity contribution >= 4 is 34.9 Å². The number of carbonyl (C=O) groups is 1. The van der Waals surface area contributed by atoms with Gasteiger partial charge in [0.05, 0.1) is 15.7 Å². The van der Waals surface area contributed by atoms with Crippen LogP contribution >= 0.6 is 23.2 Å². The minimum Gasteiger partial charge on any atom is -0.316 e. The summed E-state index contributed by atoms with van der Waals surface area (Å²) in [5, 5.41) is 7.05. The van der Waals surface area contributed by atoms with Crippen LogP contribution in [0.15, 0.2) is 18.2 Å². The van der Waals surface area contributed by atoms with Crippen LogP contribution in [0.5, 0.6) is 0 Å². The van der Waals surface area contributed by atoms with Gasteiger partial charge in [0, 0.05) is 25.2 Å². The quantitative estimate of drug-likeness (QED) is 0.837. The molecule has 2 heterocycles. The van der Waals surface area contributed by atoms with E-state index in [4.69, 9.17) is 23.2 Å². The van der Waals surface area contributed by atoms with Crippen molar-refractivity contribution in [3.05, 3.63) is 28.2 Å². The molecule has 2 atom stereocenters. The molecule has 2 amide bonds. The lowest BCUT2D eigenvalue weighted by molar-refractivity contribution is 0.167. The number of anilines is 1. The molecule has 0 aliphatic carbocycles. The van der Waals surface area contributed by atoms with Crippen LogP contribution in [0.1, 0.15) is 12.8 Å². The lowest BCUT2D eigenvalue weighted by Crippen LogP contribution is -2.55. The molecule has 3 rings (SSSR count). The van der Waals surface area contributed by atoms with E-state index < -0.39 is 0 Å². The molecule has 2 N–H and O–H groups in total. The van der Waals surface area contributed by atoms with E-state index in [0.29, 0.717) is 15.7 Å². The Kier molecular flexibility index (Phi) is 3.56. The van der Waals surface area contributed by atoms with Crippen LogP contribution in [0.2, 0.25) is 10.0 Å². The molecular formula is C13H15Cl2N3O. The summed E-state index contributed by atoms with van der Waals surface area (Å²) in [6, 6.07) is 5.73. The summed E-state index contributed by atoms with van der Waals surface area (Å²) >= 11 is 12.0. The normalized spacial score (nSPS) is 25.5. The lowest BCUT2D eigenvalue weighted by atomic mass is 10.2. The smallest absolute Gasteiger partial charge is 0.316 e. The minimum absolute atomic E-state index is 0.0850. The van der Waals surface area contributed by atoms with E-state index in [1.54, 1.807) is 18.2 Å². The molecule has 2 fully saturated rings. The predicted octanol–water partition coefficient (Wildman–Crippen LogP) is 2.96. The molecule has 1 aromatic rings. The van der Waals surface area contributed by atoms with Crippen molar-refractivity contribution < 1.29 is 4.79 Å². The van der Waals surface area contributed by atoms with Crippen molar-refractivity contribution in [2.45, 2.75) is 24.9 Å². The Balaban J connectivity index is 1.76. The first-order valence-corrected chi connectivity index (χ1v) is 7.16. The van der Waals surface area contributed by atoms with Gasteiger partial charge in [-0.1, -0.05) is 29.3 Å². The Morgan fingerprint density at radius 3 is 2.63 bits per heavy atom. The van der Waals surface area contributed by atoms with E-state index in [1.807, 2.05) is 4.90 Å². The number of piperazine rings is 1. The van der Waals surface area contributed by atoms with Crippen molar-refractivity contribution in [3.63, 3.8) is 0 Å². The summed E-state index contributed by atoms with van der Waals surface area (Å²) in [4.78, 5) is 14.3. The first-order chi connectivity index (χ1) is 9.16. The first kappa shape index (κ1) is 13.0. The topological polar surface area (TPSA) is 44.4 Å². The number of rotatable bonds is 1. The average molecular weight is 300 g/mol. The van der Waals surface area contributed by atoms with E-state index in [2.05, 4.69) is 10.6 Å². The van der Waals surface area contributed by atoms with Gasteiger partial charge in [-0.15, -0.1) is 0 Å². The first-order valence-electron chi connectivity index (χ1n) is 6.41. The fourth-order valence-electron chi connectivity index (χ4n) is 2.89. The van der Waals surface area contributed by atoms with E-state index in [0.717, 1.165) is 25.9 Å². The van der Waals surface area contributed by atoms with Gasteiger partial charge in [0.2, 0.25) is 0 Å². The van der Waals surface area contributed by atoms with E-state index in [1.165, 1.54) is 0 Å². The maximum atomic E-state index is 12.4. The second kappa shape index (κ2) is 5.19. The zero-order valence-corrected chi connectivity index (χ0v) is 11.8. The highest BCUT2D eigenvalue weighted by atomic mass is 35.5. The lowest BCUT2D eigenvalue weighted by Gasteiger charge is -2.35. The number of hydrogen-bond donors (Lipinski definition) is 2. The van der Waals surface area contributed by atoms with E-state index >= 15 is 0 Å². The summed E-state index contributed by atoms with van der Waals surface area (Å²) in [6.45, 7) is 1.74. The second-order valence-electron chi connectivity index (χ2n) is 4.98. The second-order valence-corrected chi connectivity index (χ2v) is 5.77. The molecule has 2 bridgehead atoms. The molecule has 2 aliphatic rings. The van der Waals surface area contributed by atoms with Crippen LogP contribution in [-0.4, -0.2) is 36.1 Å². The molecule has 4 nitrogen and oxygen atoms in total. The van der Waals surface area contributed by atoms with Crippen LogP contribution in [0.3, 0.4) is 0 Å². The maximum Gasteiger partial charge on any atom is 0.322 e. The third-order valence-electron chi connectivity index (χ3n) is 3.81. The molecule has 0 saturated carbocycles. The molecule has 2 aliphatic heterocycles. The molecule has 0 radical (unpaired) electrons. The number of urea groups is 1. The highest BCUT2D eigenvalue weighted by Crippen LogP contribution is 2.31. The molecule has 19 heavy (non-hydrogen) atoms.